The molecule has 0 spiro atoms. The number of anilines is 1. The van der Waals surface area contributed by atoms with Gasteiger partial charge in [-0.05, 0) is 54.1 Å². The van der Waals surface area contributed by atoms with Crippen molar-refractivity contribution in [2.24, 2.45) is 5.92 Å². The van der Waals surface area contributed by atoms with Crippen LogP contribution >= 0.6 is 11.3 Å². The molecule has 0 saturated heterocycles. The molecule has 0 aliphatic carbocycles. The highest BCUT2D eigenvalue weighted by molar-refractivity contribution is 7.13. The van der Waals surface area contributed by atoms with Crippen LogP contribution in [-0.2, 0) is 0 Å². The van der Waals surface area contributed by atoms with E-state index in [1.165, 1.54) is 4.88 Å². The van der Waals surface area contributed by atoms with Crippen molar-refractivity contribution in [1.82, 2.24) is 4.98 Å². The summed E-state index contributed by atoms with van der Waals surface area (Å²) in [6.07, 6.45) is 0. The molecule has 2 aromatic heterocycles. The Balaban J connectivity index is 2.09. The zero-order valence-electron chi connectivity index (χ0n) is 14.2. The summed E-state index contributed by atoms with van der Waals surface area (Å²) < 4.78 is 0. The fourth-order valence-electron chi connectivity index (χ4n) is 2.51. The summed E-state index contributed by atoms with van der Waals surface area (Å²) in [4.78, 5) is 5.91. The number of hydrogen-bond donors (Lipinski definition) is 2. The highest BCUT2D eigenvalue weighted by Crippen LogP contribution is 2.34. The van der Waals surface area contributed by atoms with Crippen LogP contribution in [0.2, 0.25) is 0 Å². The van der Waals surface area contributed by atoms with Crippen LogP contribution in [-0.4, -0.2) is 16.6 Å². The number of nitrogens with one attached hydrogen (secondary N) is 1. The molecule has 0 fully saturated rings. The third-order valence-corrected chi connectivity index (χ3v) is 4.67. The highest BCUT2D eigenvalue weighted by Gasteiger charge is 2.11. The van der Waals surface area contributed by atoms with E-state index in [4.69, 9.17) is 4.98 Å². The Labute approximate surface area is 147 Å². The number of benzene rings is 1. The fraction of sp³-hybridized carbons (Fsp3) is 0.250. The largest absolute Gasteiger partial charge is 0.507 e. The molecule has 1 aromatic carbocycles. The standard InChI is InChI=1S/C20H22N2OS/c1-13(2)12-21-20-11-15(19-5-4-8-24-19)10-17(22-20)16-9-14(3)6-7-18(16)23/h4-11,13,23H,12H2,1-3H3,(H,21,22). The van der Waals surface area contributed by atoms with Gasteiger partial charge in [-0.2, -0.15) is 0 Å². The Hall–Kier alpha value is -2.33. The lowest BCUT2D eigenvalue weighted by atomic mass is 10.0. The minimum absolute atomic E-state index is 0.256. The van der Waals surface area contributed by atoms with E-state index in [2.05, 4.69) is 36.7 Å². The van der Waals surface area contributed by atoms with Gasteiger partial charge in [-0.15, -0.1) is 11.3 Å². The Morgan fingerprint density at radius 2 is 2.00 bits per heavy atom. The first-order valence-electron chi connectivity index (χ1n) is 8.13. The summed E-state index contributed by atoms with van der Waals surface area (Å²) in [6, 6.07) is 13.9. The van der Waals surface area contributed by atoms with Gasteiger partial charge >= 0.3 is 0 Å². The zero-order valence-corrected chi connectivity index (χ0v) is 15.0. The minimum Gasteiger partial charge on any atom is -0.507 e. The van der Waals surface area contributed by atoms with Crippen LogP contribution in [0, 0.1) is 12.8 Å². The minimum atomic E-state index is 0.256. The van der Waals surface area contributed by atoms with E-state index in [1.807, 2.05) is 31.2 Å². The van der Waals surface area contributed by atoms with Crippen LogP contribution in [0.25, 0.3) is 21.7 Å². The van der Waals surface area contributed by atoms with E-state index in [1.54, 1.807) is 17.4 Å². The van der Waals surface area contributed by atoms with Crippen molar-refractivity contribution in [1.29, 1.82) is 0 Å². The first-order valence-corrected chi connectivity index (χ1v) is 9.00. The molecule has 0 amide bonds. The second kappa shape index (κ2) is 7.05. The maximum atomic E-state index is 10.3. The number of rotatable bonds is 5. The topological polar surface area (TPSA) is 45.1 Å². The molecular formula is C20H22N2OS. The Morgan fingerprint density at radius 3 is 2.71 bits per heavy atom. The van der Waals surface area contributed by atoms with Crippen LogP contribution < -0.4 is 5.32 Å². The molecule has 0 bridgehead atoms. The van der Waals surface area contributed by atoms with Crippen LogP contribution in [0.15, 0.2) is 47.8 Å². The van der Waals surface area contributed by atoms with Crippen molar-refractivity contribution in [3.63, 3.8) is 0 Å². The molecule has 3 aromatic rings. The molecule has 0 radical (unpaired) electrons. The lowest BCUT2D eigenvalue weighted by Gasteiger charge is -2.13. The summed E-state index contributed by atoms with van der Waals surface area (Å²) in [5.41, 5.74) is 3.76. The van der Waals surface area contributed by atoms with Crippen LogP contribution in [0.4, 0.5) is 5.82 Å². The van der Waals surface area contributed by atoms with Gasteiger partial charge in [-0.1, -0.05) is 31.5 Å². The van der Waals surface area contributed by atoms with Gasteiger partial charge < -0.3 is 10.4 Å². The summed E-state index contributed by atoms with van der Waals surface area (Å²) in [7, 11) is 0. The van der Waals surface area contributed by atoms with Crippen molar-refractivity contribution in [3.05, 3.63) is 53.4 Å². The van der Waals surface area contributed by atoms with E-state index in [-0.39, 0.29) is 5.75 Å². The van der Waals surface area contributed by atoms with Gasteiger partial charge in [-0.25, -0.2) is 4.98 Å². The van der Waals surface area contributed by atoms with Crippen molar-refractivity contribution in [3.8, 4) is 27.4 Å². The molecule has 0 atom stereocenters. The van der Waals surface area contributed by atoms with E-state index in [0.29, 0.717) is 5.92 Å². The number of aromatic hydroxyl groups is 1. The van der Waals surface area contributed by atoms with E-state index < -0.39 is 0 Å². The van der Waals surface area contributed by atoms with E-state index in [9.17, 15) is 5.11 Å². The molecular weight excluding hydrogens is 316 g/mol. The number of pyridine rings is 1. The predicted octanol–water partition coefficient (Wildman–Crippen LogP) is 5.56. The Kier molecular flexibility index (Phi) is 4.86. The summed E-state index contributed by atoms with van der Waals surface area (Å²) in [6.45, 7) is 7.22. The molecule has 3 nitrogen and oxygen atoms in total. The van der Waals surface area contributed by atoms with Gasteiger partial charge in [0.2, 0.25) is 0 Å². The van der Waals surface area contributed by atoms with Crippen LogP contribution in [0.3, 0.4) is 0 Å². The molecule has 3 rings (SSSR count). The number of aromatic nitrogens is 1. The number of aryl methyl sites for hydroxylation is 1. The molecule has 0 saturated carbocycles. The second-order valence-electron chi connectivity index (χ2n) is 6.40. The number of nitrogens with zero attached hydrogens (tertiary/aromatic N) is 1. The Morgan fingerprint density at radius 1 is 1.17 bits per heavy atom. The average Bonchev–Trinajstić information content (AvgIpc) is 3.09. The predicted molar refractivity (Wildman–Crippen MR) is 103 cm³/mol. The monoisotopic (exact) mass is 338 g/mol. The Bertz CT molecular complexity index is 826. The number of hydrogen-bond acceptors (Lipinski definition) is 4. The number of thiophene rings is 1. The maximum Gasteiger partial charge on any atom is 0.127 e. The van der Waals surface area contributed by atoms with Crippen LogP contribution in [0.5, 0.6) is 5.75 Å². The normalized spacial score (nSPS) is 11.0. The first kappa shape index (κ1) is 16.5. The van der Waals surface area contributed by atoms with Crippen molar-refractivity contribution < 1.29 is 5.11 Å². The highest BCUT2D eigenvalue weighted by atomic mass is 32.1. The molecule has 0 aliphatic heterocycles. The molecule has 0 aliphatic rings. The maximum absolute atomic E-state index is 10.3. The van der Waals surface area contributed by atoms with Gasteiger partial charge in [-0.3, -0.25) is 0 Å². The van der Waals surface area contributed by atoms with Gasteiger partial charge in [0.1, 0.15) is 11.6 Å². The third-order valence-electron chi connectivity index (χ3n) is 3.75. The number of phenols is 1. The molecule has 2 N–H and O–H groups in total. The lowest BCUT2D eigenvalue weighted by Crippen LogP contribution is -2.09. The van der Waals surface area contributed by atoms with Crippen LogP contribution in [0.1, 0.15) is 19.4 Å². The summed E-state index contributed by atoms with van der Waals surface area (Å²) >= 11 is 1.70. The summed E-state index contributed by atoms with van der Waals surface area (Å²) in [5.74, 6) is 1.63. The van der Waals surface area contributed by atoms with E-state index >= 15 is 0 Å². The summed E-state index contributed by atoms with van der Waals surface area (Å²) in [5, 5.41) is 15.7. The zero-order chi connectivity index (χ0) is 17.1. The van der Waals surface area contributed by atoms with Gasteiger partial charge in [0.05, 0.1) is 5.69 Å². The average molecular weight is 338 g/mol. The van der Waals surface area contributed by atoms with E-state index in [0.717, 1.165) is 34.7 Å². The smallest absolute Gasteiger partial charge is 0.127 e. The molecule has 24 heavy (non-hydrogen) atoms. The molecule has 0 unspecified atom stereocenters. The molecule has 4 heteroatoms. The van der Waals surface area contributed by atoms with Crippen molar-refractivity contribution in [2.45, 2.75) is 20.8 Å². The molecule has 2 heterocycles. The van der Waals surface area contributed by atoms with Gasteiger partial charge in [0.15, 0.2) is 0 Å². The first-order chi connectivity index (χ1) is 11.5. The second-order valence-corrected chi connectivity index (χ2v) is 7.35. The van der Waals surface area contributed by atoms with Gasteiger partial charge in [0, 0.05) is 17.0 Å². The lowest BCUT2D eigenvalue weighted by molar-refractivity contribution is 0.477. The quantitative estimate of drug-likeness (QED) is 0.640. The van der Waals surface area contributed by atoms with Gasteiger partial charge in [0.25, 0.3) is 0 Å². The van der Waals surface area contributed by atoms with Crippen molar-refractivity contribution in [2.75, 3.05) is 11.9 Å². The number of phenolic OH excluding ortho intramolecular Hbond substituents is 1. The third kappa shape index (κ3) is 3.77. The van der Waals surface area contributed by atoms with Crippen molar-refractivity contribution >= 4 is 17.2 Å². The fourth-order valence-corrected chi connectivity index (χ4v) is 3.22. The SMILES string of the molecule is Cc1ccc(O)c(-c2cc(-c3cccs3)cc(NCC(C)C)n2)c1. The molecule has 124 valence electrons.